The zero-order chi connectivity index (χ0) is 13.1. The minimum absolute atomic E-state index is 0.0911. The number of nitrogens with one attached hydrogen (secondary N) is 1. The molecule has 0 spiro atoms. The van der Waals surface area contributed by atoms with E-state index in [9.17, 15) is 0 Å². The van der Waals surface area contributed by atoms with Gasteiger partial charge < -0.3 is 0 Å². The smallest absolute Gasteiger partial charge is 0.130 e. The lowest BCUT2D eigenvalue weighted by molar-refractivity contribution is 0.547. The highest BCUT2D eigenvalue weighted by molar-refractivity contribution is 6.30. The van der Waals surface area contributed by atoms with Crippen LogP contribution in [-0.4, -0.2) is 19.7 Å². The Morgan fingerprint density at radius 3 is 2.61 bits per heavy atom. The van der Waals surface area contributed by atoms with E-state index < -0.39 is 0 Å². The highest BCUT2D eigenvalue weighted by atomic mass is 35.5. The number of hydrogen-bond acceptors (Lipinski definition) is 5. The van der Waals surface area contributed by atoms with Crippen molar-refractivity contribution in [1.29, 1.82) is 0 Å². The average Bonchev–Trinajstić information content (AvgIpc) is 2.62. The summed E-state index contributed by atoms with van der Waals surface area (Å²) in [4.78, 5) is 7.97. The van der Waals surface area contributed by atoms with Crippen LogP contribution in [0.5, 0.6) is 0 Å². The van der Waals surface area contributed by atoms with E-state index in [2.05, 4.69) is 20.5 Å². The summed E-state index contributed by atoms with van der Waals surface area (Å²) in [6.07, 6.45) is 5.59. The van der Waals surface area contributed by atoms with Crippen LogP contribution in [-0.2, 0) is 13.5 Å². The van der Waals surface area contributed by atoms with Crippen molar-refractivity contribution in [2.75, 3.05) is 0 Å². The molecule has 0 fully saturated rings. The van der Waals surface area contributed by atoms with Gasteiger partial charge in [0, 0.05) is 30.6 Å². The summed E-state index contributed by atoms with van der Waals surface area (Å²) in [5.74, 6) is 5.58. The van der Waals surface area contributed by atoms with Gasteiger partial charge in [-0.15, -0.1) is 0 Å². The first-order valence-corrected chi connectivity index (χ1v) is 5.90. The Kier molecular flexibility index (Phi) is 3.90. The Balaban J connectivity index is 2.26. The quantitative estimate of drug-likeness (QED) is 0.635. The van der Waals surface area contributed by atoms with Crippen LogP contribution in [0, 0.1) is 6.92 Å². The Morgan fingerprint density at radius 2 is 2.11 bits per heavy atom. The van der Waals surface area contributed by atoms with Gasteiger partial charge in [0.25, 0.3) is 0 Å². The maximum atomic E-state index is 6.20. The van der Waals surface area contributed by atoms with Gasteiger partial charge in [0.1, 0.15) is 11.5 Å². The van der Waals surface area contributed by atoms with Crippen molar-refractivity contribution < 1.29 is 0 Å². The highest BCUT2D eigenvalue weighted by Crippen LogP contribution is 2.24. The molecule has 0 saturated heterocycles. The number of rotatable bonds is 4. The first-order valence-electron chi connectivity index (χ1n) is 5.52. The average molecular weight is 267 g/mol. The van der Waals surface area contributed by atoms with Crippen LogP contribution in [0.15, 0.2) is 18.7 Å². The molecule has 0 aromatic carbocycles. The second-order valence-corrected chi connectivity index (χ2v) is 4.43. The van der Waals surface area contributed by atoms with Crippen molar-refractivity contribution in [2.24, 2.45) is 12.9 Å². The topological polar surface area (TPSA) is 81.7 Å². The SMILES string of the molecule is Cc1nn(C)c(Cl)c1CC(NN)c1cncnc1. The molecule has 0 aliphatic heterocycles. The van der Waals surface area contributed by atoms with Gasteiger partial charge in [-0.25, -0.2) is 9.97 Å². The zero-order valence-corrected chi connectivity index (χ0v) is 11.0. The van der Waals surface area contributed by atoms with Crippen LogP contribution in [0.3, 0.4) is 0 Å². The summed E-state index contributed by atoms with van der Waals surface area (Å²) in [5.41, 5.74) is 5.55. The molecule has 0 aliphatic carbocycles. The van der Waals surface area contributed by atoms with Crippen LogP contribution >= 0.6 is 11.6 Å². The number of hydrazine groups is 1. The fourth-order valence-corrected chi connectivity index (χ4v) is 2.13. The standard InChI is InChI=1S/C11H15ClN6/c1-7-9(11(12)18(2)17-7)3-10(16-13)8-4-14-6-15-5-8/h4-6,10,16H,3,13H2,1-2H3. The molecule has 18 heavy (non-hydrogen) atoms. The molecule has 1 atom stereocenters. The molecule has 0 bridgehead atoms. The predicted octanol–water partition coefficient (Wildman–Crippen LogP) is 0.919. The van der Waals surface area contributed by atoms with Crippen LogP contribution in [0.25, 0.3) is 0 Å². The van der Waals surface area contributed by atoms with E-state index in [-0.39, 0.29) is 6.04 Å². The maximum Gasteiger partial charge on any atom is 0.130 e. The van der Waals surface area contributed by atoms with Crippen LogP contribution in [0.2, 0.25) is 5.15 Å². The number of nitrogens with zero attached hydrogens (tertiary/aromatic N) is 4. The summed E-state index contributed by atoms with van der Waals surface area (Å²) in [6.45, 7) is 1.93. The van der Waals surface area contributed by atoms with Crippen molar-refractivity contribution in [1.82, 2.24) is 25.2 Å². The molecule has 2 aromatic rings. The second-order valence-electron chi connectivity index (χ2n) is 4.07. The highest BCUT2D eigenvalue weighted by Gasteiger charge is 2.18. The number of halogens is 1. The molecule has 96 valence electrons. The Labute approximate surface area is 110 Å². The van der Waals surface area contributed by atoms with Gasteiger partial charge in [-0.3, -0.25) is 16.0 Å². The van der Waals surface area contributed by atoms with Crippen LogP contribution in [0.4, 0.5) is 0 Å². The third kappa shape index (κ3) is 2.50. The molecule has 0 radical (unpaired) electrons. The van der Waals surface area contributed by atoms with Crippen molar-refractivity contribution >= 4 is 11.6 Å². The monoisotopic (exact) mass is 266 g/mol. The number of aromatic nitrogens is 4. The summed E-state index contributed by atoms with van der Waals surface area (Å²) in [5, 5.41) is 4.91. The van der Waals surface area contributed by atoms with E-state index in [0.717, 1.165) is 16.8 Å². The minimum atomic E-state index is -0.0911. The molecular formula is C11H15ClN6. The lowest BCUT2D eigenvalue weighted by atomic mass is 10.0. The van der Waals surface area contributed by atoms with Crippen LogP contribution < -0.4 is 11.3 Å². The fourth-order valence-electron chi connectivity index (χ4n) is 1.87. The summed E-state index contributed by atoms with van der Waals surface area (Å²) in [7, 11) is 1.81. The lowest BCUT2D eigenvalue weighted by Gasteiger charge is -2.15. The molecule has 2 heterocycles. The molecule has 0 amide bonds. The molecule has 0 aliphatic rings. The van der Waals surface area contributed by atoms with E-state index in [1.54, 1.807) is 17.1 Å². The fraction of sp³-hybridized carbons (Fsp3) is 0.364. The van der Waals surface area contributed by atoms with Crippen LogP contribution in [0.1, 0.15) is 22.9 Å². The Hall–Kier alpha value is -1.50. The summed E-state index contributed by atoms with van der Waals surface area (Å²) < 4.78 is 1.65. The normalized spacial score (nSPS) is 12.7. The Morgan fingerprint density at radius 1 is 1.44 bits per heavy atom. The maximum absolute atomic E-state index is 6.20. The van der Waals surface area contributed by atoms with E-state index in [1.165, 1.54) is 6.33 Å². The largest absolute Gasteiger partial charge is 0.271 e. The van der Waals surface area contributed by atoms with Gasteiger partial charge in [0.2, 0.25) is 0 Å². The minimum Gasteiger partial charge on any atom is -0.271 e. The van der Waals surface area contributed by atoms with E-state index in [4.69, 9.17) is 17.4 Å². The van der Waals surface area contributed by atoms with E-state index >= 15 is 0 Å². The number of aryl methyl sites for hydroxylation is 2. The first kappa shape index (κ1) is 12.9. The van der Waals surface area contributed by atoms with Gasteiger partial charge in [-0.05, 0) is 13.3 Å². The van der Waals surface area contributed by atoms with Crippen molar-refractivity contribution in [2.45, 2.75) is 19.4 Å². The molecule has 6 nitrogen and oxygen atoms in total. The van der Waals surface area contributed by atoms with Crippen molar-refractivity contribution in [3.63, 3.8) is 0 Å². The Bertz CT molecular complexity index is 524. The number of hydrogen-bond donors (Lipinski definition) is 2. The van der Waals surface area contributed by atoms with Crippen molar-refractivity contribution in [3.8, 4) is 0 Å². The molecule has 1 unspecified atom stereocenters. The van der Waals surface area contributed by atoms with Gasteiger partial charge in [0.05, 0.1) is 11.7 Å². The lowest BCUT2D eigenvalue weighted by Crippen LogP contribution is -2.30. The summed E-state index contributed by atoms with van der Waals surface area (Å²) >= 11 is 6.20. The van der Waals surface area contributed by atoms with Gasteiger partial charge >= 0.3 is 0 Å². The predicted molar refractivity (Wildman–Crippen MR) is 68.8 cm³/mol. The summed E-state index contributed by atoms with van der Waals surface area (Å²) in [6, 6.07) is -0.0911. The van der Waals surface area contributed by atoms with Crippen molar-refractivity contribution in [3.05, 3.63) is 40.7 Å². The molecule has 2 aromatic heterocycles. The van der Waals surface area contributed by atoms with Gasteiger partial charge in [0.15, 0.2) is 0 Å². The zero-order valence-electron chi connectivity index (χ0n) is 10.3. The molecule has 3 N–H and O–H groups in total. The molecule has 7 heteroatoms. The molecule has 0 saturated carbocycles. The molecular weight excluding hydrogens is 252 g/mol. The first-order chi connectivity index (χ1) is 8.63. The molecule has 2 rings (SSSR count). The third-order valence-electron chi connectivity index (χ3n) is 2.86. The van der Waals surface area contributed by atoms with Gasteiger partial charge in [-0.2, -0.15) is 5.10 Å². The number of nitrogens with two attached hydrogens (primary N) is 1. The van der Waals surface area contributed by atoms with E-state index in [0.29, 0.717) is 11.6 Å². The van der Waals surface area contributed by atoms with E-state index in [1.807, 2.05) is 14.0 Å². The second kappa shape index (κ2) is 5.43. The third-order valence-corrected chi connectivity index (χ3v) is 3.33. The van der Waals surface area contributed by atoms with Gasteiger partial charge in [-0.1, -0.05) is 11.6 Å².